The first-order valence-corrected chi connectivity index (χ1v) is 8.49. The summed E-state index contributed by atoms with van der Waals surface area (Å²) in [6, 6.07) is 9.76. The SMILES string of the molecule is COC(=O)Cn1c2c(cc(NC(=O)c3ccccc3)c1=O)C(=O)NCCC2. The molecule has 1 aliphatic rings. The molecule has 2 heterocycles. The average molecular weight is 369 g/mol. The van der Waals surface area contributed by atoms with E-state index in [1.807, 2.05) is 0 Å². The summed E-state index contributed by atoms with van der Waals surface area (Å²) in [5, 5.41) is 5.29. The summed E-state index contributed by atoms with van der Waals surface area (Å²) in [5.41, 5.74) is 0.468. The van der Waals surface area contributed by atoms with Crippen molar-refractivity contribution in [3.05, 3.63) is 63.6 Å². The first-order valence-electron chi connectivity index (χ1n) is 8.49. The van der Waals surface area contributed by atoms with Gasteiger partial charge in [0.1, 0.15) is 12.2 Å². The predicted octanol–water partition coefficient (Wildman–Crippen LogP) is 0.950. The molecule has 2 aromatic rings. The zero-order chi connectivity index (χ0) is 19.4. The van der Waals surface area contributed by atoms with Crippen LogP contribution in [0.25, 0.3) is 0 Å². The van der Waals surface area contributed by atoms with Crippen molar-refractivity contribution in [1.82, 2.24) is 9.88 Å². The Hall–Kier alpha value is -3.42. The minimum absolute atomic E-state index is 0.0662. The van der Waals surface area contributed by atoms with Gasteiger partial charge in [0, 0.05) is 17.8 Å². The number of aromatic nitrogens is 1. The van der Waals surface area contributed by atoms with Gasteiger partial charge < -0.3 is 15.4 Å². The van der Waals surface area contributed by atoms with Crippen molar-refractivity contribution in [3.63, 3.8) is 0 Å². The number of hydrogen-bond donors (Lipinski definition) is 2. The first kappa shape index (κ1) is 18.4. The maximum atomic E-state index is 12.9. The predicted molar refractivity (Wildman–Crippen MR) is 97.8 cm³/mol. The number of anilines is 1. The van der Waals surface area contributed by atoms with E-state index >= 15 is 0 Å². The van der Waals surface area contributed by atoms with E-state index in [9.17, 15) is 19.2 Å². The van der Waals surface area contributed by atoms with Gasteiger partial charge in [0.25, 0.3) is 17.4 Å². The number of carbonyl (C=O) groups excluding carboxylic acids is 3. The molecule has 0 saturated heterocycles. The lowest BCUT2D eigenvalue weighted by Crippen LogP contribution is -2.33. The summed E-state index contributed by atoms with van der Waals surface area (Å²) < 4.78 is 5.86. The molecular formula is C19H19N3O5. The van der Waals surface area contributed by atoms with E-state index in [0.717, 1.165) is 0 Å². The molecule has 140 valence electrons. The second kappa shape index (κ2) is 7.86. The number of esters is 1. The molecule has 8 nitrogen and oxygen atoms in total. The number of methoxy groups -OCH3 is 1. The lowest BCUT2D eigenvalue weighted by atomic mass is 10.1. The van der Waals surface area contributed by atoms with Crippen LogP contribution < -0.4 is 16.2 Å². The van der Waals surface area contributed by atoms with Crippen molar-refractivity contribution >= 4 is 23.5 Å². The molecule has 3 rings (SSSR count). The Morgan fingerprint density at radius 3 is 2.67 bits per heavy atom. The summed E-state index contributed by atoms with van der Waals surface area (Å²) in [6.07, 6.45) is 1.09. The maximum Gasteiger partial charge on any atom is 0.325 e. The third kappa shape index (κ3) is 3.89. The number of nitrogens with one attached hydrogen (secondary N) is 2. The Morgan fingerprint density at radius 2 is 1.96 bits per heavy atom. The van der Waals surface area contributed by atoms with Crippen molar-refractivity contribution in [1.29, 1.82) is 0 Å². The molecule has 8 heteroatoms. The Bertz CT molecular complexity index is 950. The molecule has 1 aromatic heterocycles. The third-order valence-corrected chi connectivity index (χ3v) is 4.32. The van der Waals surface area contributed by atoms with Crippen molar-refractivity contribution in [3.8, 4) is 0 Å². The second-order valence-corrected chi connectivity index (χ2v) is 6.07. The largest absolute Gasteiger partial charge is 0.468 e. The molecule has 2 N–H and O–H groups in total. The number of fused-ring (bicyclic) bond motifs is 1. The number of benzene rings is 1. The third-order valence-electron chi connectivity index (χ3n) is 4.32. The molecule has 27 heavy (non-hydrogen) atoms. The molecule has 0 fully saturated rings. The van der Waals surface area contributed by atoms with E-state index < -0.39 is 17.4 Å². The van der Waals surface area contributed by atoms with E-state index in [1.54, 1.807) is 30.3 Å². The first-order chi connectivity index (χ1) is 13.0. The highest BCUT2D eigenvalue weighted by Crippen LogP contribution is 2.17. The van der Waals surface area contributed by atoms with Gasteiger partial charge in [-0.25, -0.2) is 0 Å². The molecule has 0 atom stereocenters. The molecule has 2 amide bonds. The van der Waals surface area contributed by atoms with E-state index in [2.05, 4.69) is 15.4 Å². The quantitative estimate of drug-likeness (QED) is 0.781. The second-order valence-electron chi connectivity index (χ2n) is 6.07. The van der Waals surface area contributed by atoms with E-state index in [4.69, 9.17) is 0 Å². The van der Waals surface area contributed by atoms with Gasteiger partial charge in [-0.3, -0.25) is 23.7 Å². The molecular weight excluding hydrogens is 350 g/mol. The lowest BCUT2D eigenvalue weighted by Gasteiger charge is -2.16. The molecule has 1 aliphatic heterocycles. The minimum Gasteiger partial charge on any atom is -0.468 e. The van der Waals surface area contributed by atoms with Gasteiger partial charge in [-0.15, -0.1) is 0 Å². The van der Waals surface area contributed by atoms with Gasteiger partial charge in [-0.1, -0.05) is 18.2 Å². The lowest BCUT2D eigenvalue weighted by molar-refractivity contribution is -0.141. The van der Waals surface area contributed by atoms with E-state index in [-0.39, 0.29) is 23.7 Å². The van der Waals surface area contributed by atoms with E-state index in [1.165, 1.54) is 17.7 Å². The highest BCUT2D eigenvalue weighted by atomic mass is 16.5. The standard InChI is InChI=1S/C19H19N3O5/c1-27-16(23)11-22-15-8-5-9-20-18(25)13(15)10-14(19(22)26)21-17(24)12-6-3-2-4-7-12/h2-4,6-7,10H,5,8-9,11H2,1H3,(H,20,25)(H,21,24). The molecule has 1 aromatic carbocycles. The minimum atomic E-state index is -0.615. The van der Waals surface area contributed by atoms with Gasteiger partial charge in [-0.2, -0.15) is 0 Å². The normalized spacial score (nSPS) is 13.1. The number of ether oxygens (including phenoxy) is 1. The number of carbonyl (C=O) groups is 3. The Morgan fingerprint density at radius 1 is 1.22 bits per heavy atom. The van der Waals surface area contributed by atoms with Crippen LogP contribution in [0.2, 0.25) is 0 Å². The summed E-state index contributed by atoms with van der Waals surface area (Å²) in [5.74, 6) is -1.45. The van der Waals surface area contributed by atoms with Crippen LogP contribution in [0.15, 0.2) is 41.2 Å². The number of hydrogen-bond acceptors (Lipinski definition) is 5. The highest BCUT2D eigenvalue weighted by molar-refractivity contribution is 6.05. The van der Waals surface area contributed by atoms with Crippen LogP contribution in [-0.2, 0) is 22.5 Å². The van der Waals surface area contributed by atoms with Gasteiger partial charge >= 0.3 is 5.97 Å². The molecule has 0 unspecified atom stereocenters. The van der Waals surface area contributed by atoms with Crippen LogP contribution in [0.4, 0.5) is 5.69 Å². The van der Waals surface area contributed by atoms with Crippen LogP contribution in [-0.4, -0.2) is 36.0 Å². The summed E-state index contributed by atoms with van der Waals surface area (Å²) in [4.78, 5) is 49.5. The van der Waals surface area contributed by atoms with Crippen molar-refractivity contribution in [2.24, 2.45) is 0 Å². The van der Waals surface area contributed by atoms with Crippen LogP contribution in [0.5, 0.6) is 0 Å². The molecule has 0 saturated carbocycles. The van der Waals surface area contributed by atoms with Crippen LogP contribution in [0.3, 0.4) is 0 Å². The zero-order valence-electron chi connectivity index (χ0n) is 14.8. The molecule has 0 spiro atoms. The fourth-order valence-electron chi connectivity index (χ4n) is 2.96. The molecule has 0 radical (unpaired) electrons. The Balaban J connectivity index is 2.07. The average Bonchev–Trinajstić information content (AvgIpc) is 2.87. The smallest absolute Gasteiger partial charge is 0.325 e. The monoisotopic (exact) mass is 369 g/mol. The topological polar surface area (TPSA) is 106 Å². The van der Waals surface area contributed by atoms with Crippen molar-refractivity contribution < 1.29 is 19.1 Å². The number of amides is 2. The Labute approximate surface area is 155 Å². The number of nitrogens with zero attached hydrogens (tertiary/aromatic N) is 1. The Kier molecular flexibility index (Phi) is 5.35. The van der Waals surface area contributed by atoms with Gasteiger partial charge in [-0.05, 0) is 31.0 Å². The summed E-state index contributed by atoms with van der Waals surface area (Å²) in [7, 11) is 1.22. The fraction of sp³-hybridized carbons (Fsp3) is 0.263. The van der Waals surface area contributed by atoms with Crippen LogP contribution in [0.1, 0.15) is 32.8 Å². The number of pyridine rings is 1. The van der Waals surface area contributed by atoms with Gasteiger partial charge in [0.05, 0.1) is 12.7 Å². The number of rotatable bonds is 4. The summed E-state index contributed by atoms with van der Waals surface area (Å²) >= 11 is 0. The fourth-order valence-corrected chi connectivity index (χ4v) is 2.96. The zero-order valence-corrected chi connectivity index (χ0v) is 14.8. The van der Waals surface area contributed by atoms with Crippen LogP contribution >= 0.6 is 0 Å². The maximum absolute atomic E-state index is 12.9. The van der Waals surface area contributed by atoms with Crippen LogP contribution in [0, 0.1) is 0 Å². The summed E-state index contributed by atoms with van der Waals surface area (Å²) in [6.45, 7) is 0.131. The highest BCUT2D eigenvalue weighted by Gasteiger charge is 2.24. The van der Waals surface area contributed by atoms with Gasteiger partial charge in [0.15, 0.2) is 0 Å². The van der Waals surface area contributed by atoms with Crippen molar-refractivity contribution in [2.75, 3.05) is 19.0 Å². The van der Waals surface area contributed by atoms with Crippen molar-refractivity contribution in [2.45, 2.75) is 19.4 Å². The van der Waals surface area contributed by atoms with E-state index in [0.29, 0.717) is 30.6 Å². The molecule has 0 bridgehead atoms. The molecule has 0 aliphatic carbocycles. The van der Waals surface area contributed by atoms with Gasteiger partial charge in [0.2, 0.25) is 0 Å².